The Kier molecular flexibility index (Phi) is 6.08. The van der Waals surface area contributed by atoms with Gasteiger partial charge in [0, 0.05) is 18.1 Å². The van der Waals surface area contributed by atoms with Crippen LogP contribution in [0.15, 0.2) is 29.2 Å². The lowest BCUT2D eigenvalue weighted by atomic mass is 10.4. The zero-order chi connectivity index (χ0) is 13.6. The molecule has 102 valence electrons. The molecule has 0 aliphatic carbocycles. The molecule has 0 radical (unpaired) electrons. The lowest BCUT2D eigenvalue weighted by Crippen LogP contribution is -2.31. The Morgan fingerprint density at radius 3 is 2.33 bits per heavy atom. The highest BCUT2D eigenvalue weighted by molar-refractivity contribution is 7.91. The third-order valence-corrected chi connectivity index (χ3v) is 4.67. The molecule has 0 amide bonds. The molecule has 0 fully saturated rings. The summed E-state index contributed by atoms with van der Waals surface area (Å²) in [6.07, 6.45) is 0. The van der Waals surface area contributed by atoms with Crippen LogP contribution in [-0.2, 0) is 9.84 Å². The molecule has 18 heavy (non-hydrogen) atoms. The second-order valence-corrected chi connectivity index (χ2v) is 6.48. The van der Waals surface area contributed by atoms with Crippen molar-refractivity contribution in [2.75, 3.05) is 32.0 Å². The quantitative estimate of drug-likeness (QED) is 0.826. The standard InChI is InChI=1S/C12H18ClNO3S/c1-2-14(7-9-15)8-10-18(16,17)12-5-3-11(13)4-6-12/h3-6,15H,2,7-10H2,1H3. The minimum atomic E-state index is -3.28. The maximum atomic E-state index is 12.0. The van der Waals surface area contributed by atoms with Crippen LogP contribution in [0.4, 0.5) is 0 Å². The van der Waals surface area contributed by atoms with Crippen LogP contribution in [0.3, 0.4) is 0 Å². The number of likely N-dealkylation sites (N-methyl/N-ethyl adjacent to an activating group) is 1. The number of sulfone groups is 1. The normalized spacial score (nSPS) is 12.0. The van der Waals surface area contributed by atoms with E-state index >= 15 is 0 Å². The Hall–Kier alpha value is -0.620. The highest BCUT2D eigenvalue weighted by Crippen LogP contribution is 2.15. The van der Waals surface area contributed by atoms with Gasteiger partial charge in [0.2, 0.25) is 0 Å². The summed E-state index contributed by atoms with van der Waals surface area (Å²) < 4.78 is 24.1. The zero-order valence-electron chi connectivity index (χ0n) is 10.3. The van der Waals surface area contributed by atoms with Gasteiger partial charge in [-0.3, -0.25) is 0 Å². The van der Waals surface area contributed by atoms with Crippen LogP contribution in [-0.4, -0.2) is 50.4 Å². The van der Waals surface area contributed by atoms with Gasteiger partial charge >= 0.3 is 0 Å². The smallest absolute Gasteiger partial charge is 0.179 e. The molecule has 0 heterocycles. The maximum absolute atomic E-state index is 12.0. The van der Waals surface area contributed by atoms with E-state index in [9.17, 15) is 8.42 Å². The van der Waals surface area contributed by atoms with Crippen LogP contribution >= 0.6 is 11.6 Å². The summed E-state index contributed by atoms with van der Waals surface area (Å²) in [7, 11) is -3.28. The molecule has 1 N–H and O–H groups in total. The first-order chi connectivity index (χ1) is 8.49. The summed E-state index contributed by atoms with van der Waals surface area (Å²) in [6.45, 7) is 3.60. The number of nitrogens with zero attached hydrogens (tertiary/aromatic N) is 1. The van der Waals surface area contributed by atoms with Crippen molar-refractivity contribution in [1.29, 1.82) is 0 Å². The molecule has 4 nitrogen and oxygen atoms in total. The summed E-state index contributed by atoms with van der Waals surface area (Å²) in [6, 6.07) is 6.17. The number of aliphatic hydroxyl groups is 1. The predicted octanol–water partition coefficient (Wildman–Crippen LogP) is 1.43. The zero-order valence-corrected chi connectivity index (χ0v) is 11.9. The molecule has 0 aromatic heterocycles. The Morgan fingerprint density at radius 2 is 1.83 bits per heavy atom. The van der Waals surface area contributed by atoms with Crippen molar-refractivity contribution < 1.29 is 13.5 Å². The van der Waals surface area contributed by atoms with Gasteiger partial charge in [0.05, 0.1) is 17.3 Å². The van der Waals surface area contributed by atoms with Crippen molar-refractivity contribution in [2.45, 2.75) is 11.8 Å². The van der Waals surface area contributed by atoms with Gasteiger partial charge in [-0.25, -0.2) is 8.42 Å². The van der Waals surface area contributed by atoms with Gasteiger partial charge in [-0.2, -0.15) is 0 Å². The minimum absolute atomic E-state index is 0.0365. The molecular formula is C12H18ClNO3S. The summed E-state index contributed by atoms with van der Waals surface area (Å²) in [5.41, 5.74) is 0. The number of rotatable bonds is 7. The van der Waals surface area contributed by atoms with Gasteiger partial charge in [-0.15, -0.1) is 0 Å². The SMILES string of the molecule is CCN(CCO)CCS(=O)(=O)c1ccc(Cl)cc1. The molecule has 0 spiro atoms. The highest BCUT2D eigenvalue weighted by atomic mass is 35.5. The molecule has 0 saturated heterocycles. The molecule has 0 saturated carbocycles. The van der Waals surface area contributed by atoms with Crippen molar-refractivity contribution >= 4 is 21.4 Å². The Bertz CT molecular complexity index is 459. The van der Waals surface area contributed by atoms with Crippen molar-refractivity contribution in [2.24, 2.45) is 0 Å². The van der Waals surface area contributed by atoms with Gasteiger partial charge in [0.25, 0.3) is 0 Å². The van der Waals surface area contributed by atoms with Crippen LogP contribution in [0.1, 0.15) is 6.92 Å². The highest BCUT2D eigenvalue weighted by Gasteiger charge is 2.15. The monoisotopic (exact) mass is 291 g/mol. The van der Waals surface area contributed by atoms with E-state index in [1.807, 2.05) is 11.8 Å². The van der Waals surface area contributed by atoms with Crippen LogP contribution in [0.5, 0.6) is 0 Å². The van der Waals surface area contributed by atoms with Gasteiger partial charge in [0.1, 0.15) is 0 Å². The number of halogens is 1. The molecule has 1 aromatic carbocycles. The first kappa shape index (κ1) is 15.4. The fourth-order valence-electron chi connectivity index (χ4n) is 1.58. The largest absolute Gasteiger partial charge is 0.395 e. The maximum Gasteiger partial charge on any atom is 0.179 e. The minimum Gasteiger partial charge on any atom is -0.395 e. The van der Waals surface area contributed by atoms with E-state index in [1.165, 1.54) is 12.1 Å². The van der Waals surface area contributed by atoms with E-state index in [1.54, 1.807) is 12.1 Å². The van der Waals surface area contributed by atoms with Crippen LogP contribution < -0.4 is 0 Å². The first-order valence-corrected chi connectivity index (χ1v) is 7.84. The van der Waals surface area contributed by atoms with E-state index in [0.717, 1.165) is 6.54 Å². The molecule has 0 atom stereocenters. The van der Waals surface area contributed by atoms with Crippen LogP contribution in [0.2, 0.25) is 5.02 Å². The van der Waals surface area contributed by atoms with Crippen LogP contribution in [0.25, 0.3) is 0 Å². The fourth-order valence-corrected chi connectivity index (χ4v) is 2.99. The van der Waals surface area contributed by atoms with Crippen molar-refractivity contribution in [3.63, 3.8) is 0 Å². The lowest BCUT2D eigenvalue weighted by Gasteiger charge is -2.18. The molecule has 0 bridgehead atoms. The summed E-state index contributed by atoms with van der Waals surface area (Å²) >= 11 is 5.72. The van der Waals surface area contributed by atoms with Crippen molar-refractivity contribution in [3.8, 4) is 0 Å². The lowest BCUT2D eigenvalue weighted by molar-refractivity contribution is 0.209. The van der Waals surface area contributed by atoms with E-state index in [0.29, 0.717) is 18.1 Å². The number of hydrogen-bond donors (Lipinski definition) is 1. The van der Waals surface area contributed by atoms with Crippen molar-refractivity contribution in [3.05, 3.63) is 29.3 Å². The molecule has 1 rings (SSSR count). The molecule has 1 aromatic rings. The Balaban J connectivity index is 2.67. The molecular weight excluding hydrogens is 274 g/mol. The van der Waals surface area contributed by atoms with Gasteiger partial charge in [0.15, 0.2) is 9.84 Å². The Morgan fingerprint density at radius 1 is 1.22 bits per heavy atom. The van der Waals surface area contributed by atoms with E-state index in [4.69, 9.17) is 16.7 Å². The second-order valence-electron chi connectivity index (χ2n) is 3.93. The molecule has 6 heteroatoms. The molecule has 0 unspecified atom stereocenters. The average Bonchev–Trinajstić information content (AvgIpc) is 2.35. The Labute approximate surface area is 113 Å². The first-order valence-electron chi connectivity index (χ1n) is 5.81. The number of aliphatic hydroxyl groups excluding tert-OH is 1. The molecule has 0 aliphatic rings. The van der Waals surface area contributed by atoms with E-state index in [-0.39, 0.29) is 17.3 Å². The number of benzene rings is 1. The predicted molar refractivity (Wildman–Crippen MR) is 72.7 cm³/mol. The van der Waals surface area contributed by atoms with Gasteiger partial charge in [-0.1, -0.05) is 18.5 Å². The third kappa shape index (κ3) is 4.57. The topological polar surface area (TPSA) is 57.6 Å². The summed E-state index contributed by atoms with van der Waals surface area (Å²) in [5.74, 6) is 0.0441. The summed E-state index contributed by atoms with van der Waals surface area (Å²) in [4.78, 5) is 2.18. The summed E-state index contributed by atoms with van der Waals surface area (Å²) in [5, 5.41) is 9.36. The number of hydrogen-bond acceptors (Lipinski definition) is 4. The fraction of sp³-hybridized carbons (Fsp3) is 0.500. The van der Waals surface area contributed by atoms with Crippen LogP contribution in [0, 0.1) is 0 Å². The second kappa shape index (κ2) is 7.09. The van der Waals surface area contributed by atoms with E-state index in [2.05, 4.69) is 0 Å². The third-order valence-electron chi connectivity index (χ3n) is 2.71. The average molecular weight is 292 g/mol. The van der Waals surface area contributed by atoms with E-state index < -0.39 is 9.84 Å². The van der Waals surface area contributed by atoms with Gasteiger partial charge in [-0.05, 0) is 30.8 Å². The molecule has 0 aliphatic heterocycles. The van der Waals surface area contributed by atoms with Crippen molar-refractivity contribution in [1.82, 2.24) is 4.90 Å². The van der Waals surface area contributed by atoms with Gasteiger partial charge < -0.3 is 10.0 Å².